The molecule has 3 nitrogen and oxygen atoms in total. The molecule has 0 fully saturated rings. The average Bonchev–Trinajstić information content (AvgIpc) is 2.37. The normalized spacial score (nSPS) is 13.0. The number of halogens is 1. The summed E-state index contributed by atoms with van der Waals surface area (Å²) < 4.78 is 0. The summed E-state index contributed by atoms with van der Waals surface area (Å²) in [5, 5.41) is 3.86. The first kappa shape index (κ1) is 15.8. The van der Waals surface area contributed by atoms with E-state index in [1.807, 2.05) is 0 Å². The van der Waals surface area contributed by atoms with Crippen molar-refractivity contribution in [3.63, 3.8) is 0 Å². The molecule has 0 radical (unpaired) electrons. The number of benzene rings is 1. The molecule has 1 aromatic heterocycles. The molecule has 0 amide bonds. The van der Waals surface area contributed by atoms with Crippen molar-refractivity contribution in [3.8, 4) is 0 Å². The maximum absolute atomic E-state index is 6.12. The molecule has 2 aromatic rings. The quantitative estimate of drug-likeness (QED) is 0.819. The smallest absolute Gasteiger partial charge is 0.137 e. The van der Waals surface area contributed by atoms with Crippen LogP contribution in [-0.2, 0) is 5.41 Å². The molecule has 4 heteroatoms. The second-order valence-corrected chi connectivity index (χ2v) is 6.81. The number of hydrogen-bond acceptors (Lipinski definition) is 3. The second-order valence-electron chi connectivity index (χ2n) is 6.43. The van der Waals surface area contributed by atoms with Gasteiger partial charge in [0.05, 0.1) is 0 Å². The molecule has 1 atom stereocenters. The lowest BCUT2D eigenvalue weighted by Crippen LogP contribution is -2.18. The van der Waals surface area contributed by atoms with Gasteiger partial charge in [-0.3, -0.25) is 0 Å². The number of hydrogen-bond donors (Lipinski definition) is 1. The van der Waals surface area contributed by atoms with Crippen molar-refractivity contribution in [2.75, 3.05) is 5.32 Å². The summed E-state index contributed by atoms with van der Waals surface area (Å²) in [6.07, 6.45) is 0. The first-order valence-corrected chi connectivity index (χ1v) is 7.51. The highest BCUT2D eigenvalue weighted by Gasteiger charge is 2.19. The Morgan fingerprint density at radius 1 is 1.10 bits per heavy atom. The van der Waals surface area contributed by atoms with Gasteiger partial charge in [-0.25, -0.2) is 9.97 Å². The molecule has 0 aliphatic rings. The molecule has 1 aromatic carbocycles. The molecule has 0 saturated carbocycles. The van der Waals surface area contributed by atoms with E-state index in [-0.39, 0.29) is 11.5 Å². The van der Waals surface area contributed by atoms with Crippen LogP contribution in [-0.4, -0.2) is 9.97 Å². The van der Waals surface area contributed by atoms with Gasteiger partial charge in [0.25, 0.3) is 0 Å². The Kier molecular flexibility index (Phi) is 4.52. The SMILES string of the molecule is Cc1ccc(C(C)Nc2cc(Cl)nc(C(C)(C)C)n2)cc1. The minimum absolute atomic E-state index is 0.131. The van der Waals surface area contributed by atoms with E-state index in [0.29, 0.717) is 5.15 Å². The third-order valence-electron chi connectivity index (χ3n) is 3.31. The summed E-state index contributed by atoms with van der Waals surface area (Å²) in [6.45, 7) is 10.4. The zero-order valence-electron chi connectivity index (χ0n) is 13.2. The number of aromatic nitrogens is 2. The molecule has 0 aliphatic heterocycles. The van der Waals surface area contributed by atoms with Crippen molar-refractivity contribution in [2.24, 2.45) is 0 Å². The summed E-state index contributed by atoms with van der Waals surface area (Å²) in [7, 11) is 0. The predicted molar refractivity (Wildman–Crippen MR) is 89.0 cm³/mol. The number of rotatable bonds is 3. The summed E-state index contributed by atoms with van der Waals surface area (Å²) in [4.78, 5) is 8.89. The molecule has 112 valence electrons. The first-order valence-electron chi connectivity index (χ1n) is 7.14. The summed E-state index contributed by atoms with van der Waals surface area (Å²) in [5.41, 5.74) is 2.34. The standard InChI is InChI=1S/C17H22ClN3/c1-11-6-8-13(9-7-11)12(2)19-15-10-14(18)20-16(21-15)17(3,4)5/h6-10,12H,1-5H3,(H,19,20,21). The van der Waals surface area contributed by atoms with Crippen LogP contribution in [0.25, 0.3) is 0 Å². The van der Waals surface area contributed by atoms with Gasteiger partial charge in [0.15, 0.2) is 0 Å². The van der Waals surface area contributed by atoms with E-state index >= 15 is 0 Å². The Balaban J connectivity index is 2.23. The molecule has 0 aliphatic carbocycles. The van der Waals surface area contributed by atoms with E-state index in [0.717, 1.165) is 11.6 Å². The fraction of sp³-hybridized carbons (Fsp3) is 0.412. The highest BCUT2D eigenvalue weighted by molar-refractivity contribution is 6.29. The molecule has 2 rings (SSSR count). The van der Waals surface area contributed by atoms with Gasteiger partial charge < -0.3 is 5.32 Å². The van der Waals surface area contributed by atoms with Crippen LogP contribution in [0.1, 0.15) is 50.7 Å². The van der Waals surface area contributed by atoms with E-state index < -0.39 is 0 Å². The van der Waals surface area contributed by atoms with Crippen molar-refractivity contribution in [1.82, 2.24) is 9.97 Å². The Bertz CT molecular complexity index is 615. The first-order chi connectivity index (χ1) is 9.75. The largest absolute Gasteiger partial charge is 0.363 e. The van der Waals surface area contributed by atoms with E-state index in [1.165, 1.54) is 11.1 Å². The second kappa shape index (κ2) is 6.02. The highest BCUT2D eigenvalue weighted by atomic mass is 35.5. The lowest BCUT2D eigenvalue weighted by molar-refractivity contribution is 0.545. The van der Waals surface area contributed by atoms with Gasteiger partial charge >= 0.3 is 0 Å². The van der Waals surface area contributed by atoms with E-state index in [9.17, 15) is 0 Å². The predicted octanol–water partition coefficient (Wildman–Crippen LogP) is 4.91. The Morgan fingerprint density at radius 3 is 2.29 bits per heavy atom. The Morgan fingerprint density at radius 2 is 1.71 bits per heavy atom. The summed E-state index contributed by atoms with van der Waals surface area (Å²) >= 11 is 6.12. The van der Waals surface area contributed by atoms with Crippen molar-refractivity contribution in [3.05, 3.63) is 52.4 Å². The maximum Gasteiger partial charge on any atom is 0.137 e. The van der Waals surface area contributed by atoms with Crippen LogP contribution >= 0.6 is 11.6 Å². The fourth-order valence-electron chi connectivity index (χ4n) is 1.99. The van der Waals surface area contributed by atoms with Crippen LogP contribution in [0.5, 0.6) is 0 Å². The minimum Gasteiger partial charge on any atom is -0.363 e. The van der Waals surface area contributed by atoms with E-state index in [1.54, 1.807) is 6.07 Å². The van der Waals surface area contributed by atoms with E-state index in [4.69, 9.17) is 11.6 Å². The van der Waals surface area contributed by atoms with Crippen LogP contribution < -0.4 is 5.32 Å². The number of nitrogens with one attached hydrogen (secondary N) is 1. The van der Waals surface area contributed by atoms with Crippen molar-refractivity contribution in [1.29, 1.82) is 0 Å². The van der Waals surface area contributed by atoms with Gasteiger partial charge in [-0.05, 0) is 19.4 Å². The highest BCUT2D eigenvalue weighted by Crippen LogP contribution is 2.24. The molecule has 1 heterocycles. The third-order valence-corrected chi connectivity index (χ3v) is 3.50. The van der Waals surface area contributed by atoms with Crippen LogP contribution in [0.4, 0.5) is 5.82 Å². The van der Waals surface area contributed by atoms with Crippen LogP contribution in [0.2, 0.25) is 5.15 Å². The molecular weight excluding hydrogens is 282 g/mol. The number of anilines is 1. The summed E-state index contributed by atoms with van der Waals surface area (Å²) in [6, 6.07) is 10.4. The van der Waals surface area contributed by atoms with Crippen molar-refractivity contribution in [2.45, 2.75) is 46.1 Å². The molecular formula is C17H22ClN3. The van der Waals surface area contributed by atoms with Gasteiger partial charge in [-0.2, -0.15) is 0 Å². The van der Waals surface area contributed by atoms with Crippen LogP contribution in [0.3, 0.4) is 0 Å². The number of aryl methyl sites for hydroxylation is 1. The minimum atomic E-state index is -0.131. The third kappa shape index (κ3) is 4.18. The molecule has 21 heavy (non-hydrogen) atoms. The topological polar surface area (TPSA) is 37.8 Å². The van der Waals surface area contributed by atoms with Crippen molar-refractivity contribution < 1.29 is 0 Å². The van der Waals surface area contributed by atoms with Gasteiger partial charge in [0.1, 0.15) is 16.8 Å². The zero-order chi connectivity index (χ0) is 15.6. The van der Waals surface area contributed by atoms with Gasteiger partial charge in [0, 0.05) is 17.5 Å². The molecule has 1 unspecified atom stereocenters. The molecule has 0 saturated heterocycles. The van der Waals surface area contributed by atoms with Crippen LogP contribution in [0, 0.1) is 6.92 Å². The fourth-order valence-corrected chi connectivity index (χ4v) is 2.17. The lowest BCUT2D eigenvalue weighted by Gasteiger charge is -2.20. The van der Waals surface area contributed by atoms with Gasteiger partial charge in [-0.15, -0.1) is 0 Å². The molecule has 0 spiro atoms. The van der Waals surface area contributed by atoms with Crippen molar-refractivity contribution >= 4 is 17.4 Å². The molecule has 0 bridgehead atoms. The van der Waals surface area contributed by atoms with Gasteiger partial charge in [0.2, 0.25) is 0 Å². The Labute approximate surface area is 131 Å². The Hall–Kier alpha value is -1.61. The lowest BCUT2D eigenvalue weighted by atomic mass is 9.96. The van der Waals surface area contributed by atoms with Crippen LogP contribution in [0.15, 0.2) is 30.3 Å². The zero-order valence-corrected chi connectivity index (χ0v) is 14.0. The monoisotopic (exact) mass is 303 g/mol. The number of nitrogens with zero attached hydrogens (tertiary/aromatic N) is 2. The summed E-state index contributed by atoms with van der Waals surface area (Å²) in [5.74, 6) is 1.50. The van der Waals surface area contributed by atoms with Gasteiger partial charge in [-0.1, -0.05) is 62.2 Å². The average molecular weight is 304 g/mol. The maximum atomic E-state index is 6.12. The molecule has 1 N–H and O–H groups in total. The van der Waals surface area contributed by atoms with E-state index in [2.05, 4.69) is 74.2 Å².